The van der Waals surface area contributed by atoms with E-state index < -0.39 is 11.8 Å². The Balaban J connectivity index is 1.84. The normalized spacial score (nSPS) is 12.8. The molecule has 1 heterocycles. The van der Waals surface area contributed by atoms with Gasteiger partial charge in [0, 0.05) is 17.8 Å². The van der Waals surface area contributed by atoms with Gasteiger partial charge in [-0.1, -0.05) is 12.1 Å². The Morgan fingerprint density at radius 2 is 1.82 bits per heavy atom. The molecule has 6 heteroatoms. The summed E-state index contributed by atoms with van der Waals surface area (Å²) >= 11 is 0. The van der Waals surface area contributed by atoms with Gasteiger partial charge in [-0.05, 0) is 35.9 Å². The highest BCUT2D eigenvalue weighted by atomic mass is 16.2. The molecule has 1 aliphatic heterocycles. The maximum Gasteiger partial charge on any atom is 0.259 e. The Kier molecular flexibility index (Phi) is 3.44. The molecule has 22 heavy (non-hydrogen) atoms. The largest absolute Gasteiger partial charge is 0.326 e. The average molecular weight is 295 g/mol. The number of carbonyl (C=O) groups is 3. The molecule has 0 spiro atoms. The van der Waals surface area contributed by atoms with E-state index in [-0.39, 0.29) is 11.5 Å². The average Bonchev–Trinajstić information content (AvgIpc) is 2.81. The summed E-state index contributed by atoms with van der Waals surface area (Å²) in [4.78, 5) is 35.3. The Hall–Kier alpha value is -2.99. The van der Waals surface area contributed by atoms with Gasteiger partial charge in [-0.3, -0.25) is 19.7 Å². The molecule has 0 atom stereocenters. The zero-order valence-electron chi connectivity index (χ0n) is 11.6. The number of nitrogens with one attached hydrogen (secondary N) is 2. The number of hydrogen-bond donors (Lipinski definition) is 3. The van der Waals surface area contributed by atoms with Gasteiger partial charge in [-0.25, -0.2) is 0 Å². The van der Waals surface area contributed by atoms with E-state index in [9.17, 15) is 14.4 Å². The molecule has 0 saturated carbocycles. The van der Waals surface area contributed by atoms with Crippen molar-refractivity contribution in [3.05, 3.63) is 64.7 Å². The third-order valence-electron chi connectivity index (χ3n) is 3.42. The molecule has 0 unspecified atom stereocenters. The molecule has 2 aromatic rings. The van der Waals surface area contributed by atoms with Crippen LogP contribution < -0.4 is 16.4 Å². The van der Waals surface area contributed by atoms with Crippen LogP contribution in [0.25, 0.3) is 0 Å². The van der Waals surface area contributed by atoms with Gasteiger partial charge in [0.15, 0.2) is 0 Å². The zero-order valence-corrected chi connectivity index (χ0v) is 11.6. The first-order valence-electron chi connectivity index (χ1n) is 6.68. The highest BCUT2D eigenvalue weighted by molar-refractivity contribution is 6.22. The number of rotatable bonds is 3. The Morgan fingerprint density at radius 1 is 1.05 bits per heavy atom. The van der Waals surface area contributed by atoms with Gasteiger partial charge >= 0.3 is 0 Å². The van der Waals surface area contributed by atoms with Crippen molar-refractivity contribution < 1.29 is 14.4 Å². The molecule has 0 aliphatic carbocycles. The lowest BCUT2D eigenvalue weighted by molar-refractivity contribution is 0.0878. The van der Waals surface area contributed by atoms with Gasteiger partial charge in [0.1, 0.15) is 0 Å². The van der Waals surface area contributed by atoms with Crippen LogP contribution in [0.1, 0.15) is 36.6 Å². The Labute approximate surface area is 126 Å². The van der Waals surface area contributed by atoms with Crippen LogP contribution >= 0.6 is 0 Å². The van der Waals surface area contributed by atoms with Crippen molar-refractivity contribution in [3.63, 3.8) is 0 Å². The fraction of sp³-hybridized carbons (Fsp3) is 0.0625. The minimum Gasteiger partial charge on any atom is -0.326 e. The number of carbonyl (C=O) groups excluding carboxylic acids is 3. The molecule has 1 aliphatic rings. The van der Waals surface area contributed by atoms with Crippen molar-refractivity contribution in [3.8, 4) is 0 Å². The van der Waals surface area contributed by atoms with E-state index in [1.54, 1.807) is 24.3 Å². The molecule has 4 N–H and O–H groups in total. The zero-order chi connectivity index (χ0) is 15.7. The minimum absolute atomic E-state index is 0.263. The second kappa shape index (κ2) is 5.42. The number of imide groups is 1. The number of benzene rings is 2. The maximum absolute atomic E-state index is 12.2. The van der Waals surface area contributed by atoms with E-state index in [4.69, 9.17) is 5.73 Å². The monoisotopic (exact) mass is 295 g/mol. The van der Waals surface area contributed by atoms with Gasteiger partial charge in [0.25, 0.3) is 17.7 Å². The second-order valence-corrected chi connectivity index (χ2v) is 4.90. The highest BCUT2D eigenvalue weighted by Gasteiger charge is 2.26. The summed E-state index contributed by atoms with van der Waals surface area (Å²) in [7, 11) is 0. The van der Waals surface area contributed by atoms with Crippen LogP contribution in [-0.2, 0) is 6.54 Å². The van der Waals surface area contributed by atoms with E-state index in [0.29, 0.717) is 23.4 Å². The molecular weight excluding hydrogens is 282 g/mol. The lowest BCUT2D eigenvalue weighted by Gasteiger charge is -2.07. The molecule has 6 nitrogen and oxygen atoms in total. The van der Waals surface area contributed by atoms with E-state index in [1.165, 1.54) is 12.1 Å². The van der Waals surface area contributed by atoms with E-state index >= 15 is 0 Å². The van der Waals surface area contributed by atoms with Crippen molar-refractivity contribution in [2.45, 2.75) is 6.54 Å². The van der Waals surface area contributed by atoms with Crippen molar-refractivity contribution >= 4 is 23.4 Å². The van der Waals surface area contributed by atoms with E-state index in [2.05, 4.69) is 10.6 Å². The van der Waals surface area contributed by atoms with Crippen molar-refractivity contribution in [1.82, 2.24) is 5.32 Å². The summed E-state index contributed by atoms with van der Waals surface area (Å²) in [6.45, 7) is 0.349. The van der Waals surface area contributed by atoms with Crippen LogP contribution in [-0.4, -0.2) is 17.7 Å². The molecular formula is C16H13N3O3. The lowest BCUT2D eigenvalue weighted by Crippen LogP contribution is -2.19. The van der Waals surface area contributed by atoms with Gasteiger partial charge < -0.3 is 11.1 Å². The Morgan fingerprint density at radius 3 is 2.59 bits per heavy atom. The van der Waals surface area contributed by atoms with E-state index in [0.717, 1.165) is 5.56 Å². The summed E-state index contributed by atoms with van der Waals surface area (Å²) in [5, 5.41) is 4.91. The maximum atomic E-state index is 12.2. The van der Waals surface area contributed by atoms with Crippen LogP contribution in [0.2, 0.25) is 0 Å². The highest BCUT2D eigenvalue weighted by Crippen LogP contribution is 2.20. The number of nitrogens with two attached hydrogens (primary N) is 1. The summed E-state index contributed by atoms with van der Waals surface area (Å²) in [5.74, 6) is -1.19. The molecule has 0 radical (unpaired) electrons. The SMILES string of the molecule is NCc1cccc(C(=O)Nc2ccc3c(c2)C(=O)NC3=O)c1. The second-order valence-electron chi connectivity index (χ2n) is 4.90. The molecule has 0 aromatic heterocycles. The molecule has 0 saturated heterocycles. The van der Waals surface area contributed by atoms with Crippen LogP contribution in [0.3, 0.4) is 0 Å². The fourth-order valence-electron chi connectivity index (χ4n) is 2.29. The summed E-state index contributed by atoms with van der Waals surface area (Å²) in [5.41, 5.74) is 7.91. The molecule has 3 amide bonds. The number of amides is 3. The lowest BCUT2D eigenvalue weighted by atomic mass is 10.1. The third-order valence-corrected chi connectivity index (χ3v) is 3.42. The van der Waals surface area contributed by atoms with Crippen LogP contribution in [0, 0.1) is 0 Å². The fourth-order valence-corrected chi connectivity index (χ4v) is 2.29. The summed E-state index contributed by atoms with van der Waals surface area (Å²) < 4.78 is 0. The molecule has 3 rings (SSSR count). The van der Waals surface area contributed by atoms with E-state index in [1.807, 2.05) is 6.07 Å². The first-order chi connectivity index (χ1) is 10.6. The van der Waals surface area contributed by atoms with Crippen molar-refractivity contribution in [2.75, 3.05) is 5.32 Å². The summed E-state index contributed by atoms with van der Waals surface area (Å²) in [6, 6.07) is 11.6. The number of hydrogen-bond acceptors (Lipinski definition) is 4. The van der Waals surface area contributed by atoms with Gasteiger partial charge in [-0.15, -0.1) is 0 Å². The van der Waals surface area contributed by atoms with Gasteiger partial charge in [0.05, 0.1) is 11.1 Å². The number of anilines is 1. The number of fused-ring (bicyclic) bond motifs is 1. The molecule has 0 bridgehead atoms. The van der Waals surface area contributed by atoms with Crippen molar-refractivity contribution in [1.29, 1.82) is 0 Å². The quantitative estimate of drug-likeness (QED) is 0.742. The predicted octanol–water partition coefficient (Wildman–Crippen LogP) is 1.28. The van der Waals surface area contributed by atoms with Crippen LogP contribution in [0.15, 0.2) is 42.5 Å². The van der Waals surface area contributed by atoms with Gasteiger partial charge in [-0.2, -0.15) is 0 Å². The minimum atomic E-state index is -0.457. The van der Waals surface area contributed by atoms with Crippen molar-refractivity contribution in [2.24, 2.45) is 5.73 Å². The predicted molar refractivity (Wildman–Crippen MR) is 80.5 cm³/mol. The van der Waals surface area contributed by atoms with Gasteiger partial charge in [0.2, 0.25) is 0 Å². The van der Waals surface area contributed by atoms with Crippen LogP contribution in [0.4, 0.5) is 5.69 Å². The topological polar surface area (TPSA) is 101 Å². The first kappa shape index (κ1) is 14.0. The Bertz CT molecular complexity index is 799. The molecule has 2 aromatic carbocycles. The third kappa shape index (κ3) is 2.47. The molecule has 110 valence electrons. The first-order valence-corrected chi connectivity index (χ1v) is 6.68. The summed E-state index contributed by atoms with van der Waals surface area (Å²) in [6.07, 6.45) is 0. The standard InChI is InChI=1S/C16H13N3O3/c17-8-9-2-1-3-10(6-9)14(20)18-11-4-5-12-13(7-11)16(22)19-15(12)21/h1-7H,8,17H2,(H,18,20)(H,19,21,22). The van der Waals surface area contributed by atoms with Crippen LogP contribution in [0.5, 0.6) is 0 Å². The smallest absolute Gasteiger partial charge is 0.259 e. The molecule has 0 fully saturated rings.